The van der Waals surface area contributed by atoms with Gasteiger partial charge in [-0.15, -0.1) is 0 Å². The number of carbonyl (C=O) groups is 1. The minimum Gasteiger partial charge on any atom is -0.490 e. The molecule has 0 saturated heterocycles. The first-order valence-corrected chi connectivity index (χ1v) is 7.46. The highest BCUT2D eigenvalue weighted by molar-refractivity contribution is 6.34. The topological polar surface area (TPSA) is 58.6 Å². The van der Waals surface area contributed by atoms with Gasteiger partial charge in [-0.05, 0) is 24.3 Å². The van der Waals surface area contributed by atoms with Crippen LogP contribution in [0.3, 0.4) is 0 Å². The molecule has 0 saturated carbocycles. The normalized spacial score (nSPS) is 10.3. The molecule has 0 heterocycles. The van der Waals surface area contributed by atoms with Gasteiger partial charge in [0.1, 0.15) is 12.4 Å². The van der Waals surface area contributed by atoms with Crippen LogP contribution in [0.2, 0.25) is 15.1 Å². The van der Waals surface area contributed by atoms with E-state index in [9.17, 15) is 4.79 Å². The number of benzene rings is 2. The van der Waals surface area contributed by atoms with Crippen LogP contribution in [0, 0.1) is 0 Å². The summed E-state index contributed by atoms with van der Waals surface area (Å²) in [6.45, 7) is 0.622. The van der Waals surface area contributed by atoms with Crippen molar-refractivity contribution in [2.24, 2.45) is 0 Å². The van der Waals surface area contributed by atoms with Gasteiger partial charge >= 0.3 is 5.97 Å². The molecule has 4 nitrogen and oxygen atoms in total. The van der Waals surface area contributed by atoms with Gasteiger partial charge in [-0.1, -0.05) is 40.9 Å². The smallest absolute Gasteiger partial charge is 0.337 e. The van der Waals surface area contributed by atoms with Crippen LogP contribution in [0.4, 0.5) is 5.69 Å². The average Bonchev–Trinajstić information content (AvgIpc) is 2.48. The average molecular weight is 361 g/mol. The van der Waals surface area contributed by atoms with Crippen molar-refractivity contribution in [3.8, 4) is 5.75 Å². The van der Waals surface area contributed by atoms with Gasteiger partial charge in [0.05, 0.1) is 21.3 Å². The number of para-hydroxylation sites is 1. The number of ether oxygens (including phenoxy) is 1. The Morgan fingerprint density at radius 2 is 1.91 bits per heavy atom. The molecule has 0 spiro atoms. The fourth-order valence-corrected chi connectivity index (χ4v) is 2.38. The monoisotopic (exact) mass is 359 g/mol. The zero-order valence-corrected chi connectivity index (χ0v) is 13.5. The summed E-state index contributed by atoms with van der Waals surface area (Å²) in [6, 6.07) is 9.60. The fraction of sp³-hybridized carbons (Fsp3) is 0.133. The summed E-state index contributed by atoms with van der Waals surface area (Å²) < 4.78 is 5.51. The second-order valence-corrected chi connectivity index (χ2v) is 5.57. The summed E-state index contributed by atoms with van der Waals surface area (Å²) in [5.74, 6) is -0.586. The second kappa shape index (κ2) is 7.58. The summed E-state index contributed by atoms with van der Waals surface area (Å²) in [7, 11) is 0. The Bertz CT molecular complexity index is 692. The molecule has 0 amide bonds. The highest BCUT2D eigenvalue weighted by Crippen LogP contribution is 2.28. The third-order valence-electron chi connectivity index (χ3n) is 2.80. The predicted molar refractivity (Wildman–Crippen MR) is 88.9 cm³/mol. The lowest BCUT2D eigenvalue weighted by Gasteiger charge is -2.13. The number of hydrogen-bond donors (Lipinski definition) is 2. The van der Waals surface area contributed by atoms with Crippen LogP contribution < -0.4 is 10.1 Å². The van der Waals surface area contributed by atoms with Gasteiger partial charge in [0, 0.05) is 17.6 Å². The van der Waals surface area contributed by atoms with Crippen molar-refractivity contribution in [2.45, 2.75) is 0 Å². The van der Waals surface area contributed by atoms with E-state index >= 15 is 0 Å². The molecule has 0 aliphatic carbocycles. The maximum Gasteiger partial charge on any atom is 0.337 e. The van der Waals surface area contributed by atoms with Crippen LogP contribution in [0.25, 0.3) is 0 Å². The molecule has 0 bridgehead atoms. The zero-order valence-electron chi connectivity index (χ0n) is 11.3. The molecule has 0 aromatic heterocycles. The highest BCUT2D eigenvalue weighted by atomic mass is 35.5. The minimum atomic E-state index is -1.05. The van der Waals surface area contributed by atoms with E-state index in [1.54, 1.807) is 30.3 Å². The van der Waals surface area contributed by atoms with Crippen molar-refractivity contribution < 1.29 is 14.6 Å². The fourth-order valence-electron chi connectivity index (χ4n) is 1.81. The third-order valence-corrected chi connectivity index (χ3v) is 3.66. The van der Waals surface area contributed by atoms with Crippen molar-refractivity contribution >= 4 is 46.5 Å². The van der Waals surface area contributed by atoms with Crippen LogP contribution in [0.15, 0.2) is 36.4 Å². The van der Waals surface area contributed by atoms with Crippen LogP contribution in [-0.2, 0) is 0 Å². The van der Waals surface area contributed by atoms with Gasteiger partial charge in [-0.3, -0.25) is 0 Å². The van der Waals surface area contributed by atoms with Crippen molar-refractivity contribution in [1.29, 1.82) is 0 Å². The number of carboxylic acid groups (broad SMARTS) is 1. The summed E-state index contributed by atoms with van der Waals surface area (Å²) in [6.07, 6.45) is 0. The first-order chi connectivity index (χ1) is 10.5. The molecule has 2 aromatic rings. The third kappa shape index (κ3) is 4.19. The molecule has 2 N–H and O–H groups in total. The molecule has 0 aliphatic rings. The van der Waals surface area contributed by atoms with E-state index in [1.165, 1.54) is 6.07 Å². The quantitative estimate of drug-likeness (QED) is 0.724. The Morgan fingerprint density at radius 1 is 1.14 bits per heavy atom. The second-order valence-electron chi connectivity index (χ2n) is 4.32. The molecule has 2 aromatic carbocycles. The van der Waals surface area contributed by atoms with E-state index in [0.29, 0.717) is 33.0 Å². The largest absolute Gasteiger partial charge is 0.490 e. The lowest BCUT2D eigenvalue weighted by atomic mass is 10.2. The molecular formula is C15H12Cl3NO3. The van der Waals surface area contributed by atoms with E-state index < -0.39 is 5.97 Å². The lowest BCUT2D eigenvalue weighted by molar-refractivity contribution is 0.0698. The number of anilines is 1. The number of rotatable bonds is 6. The van der Waals surface area contributed by atoms with Gasteiger partial charge in [0.2, 0.25) is 0 Å². The van der Waals surface area contributed by atoms with Gasteiger partial charge in [0.25, 0.3) is 0 Å². The zero-order chi connectivity index (χ0) is 16.1. The lowest BCUT2D eigenvalue weighted by Crippen LogP contribution is -2.14. The van der Waals surface area contributed by atoms with Crippen molar-refractivity contribution in [3.05, 3.63) is 57.0 Å². The predicted octanol–water partition coefficient (Wildman–Crippen LogP) is 4.84. The summed E-state index contributed by atoms with van der Waals surface area (Å²) >= 11 is 17.9. The van der Waals surface area contributed by atoms with Crippen molar-refractivity contribution in [3.63, 3.8) is 0 Å². The van der Waals surface area contributed by atoms with E-state index in [0.717, 1.165) is 0 Å². The number of nitrogens with one attached hydrogen (secondary N) is 1. The molecule has 116 valence electrons. The van der Waals surface area contributed by atoms with Gasteiger partial charge < -0.3 is 15.2 Å². The number of halogens is 3. The van der Waals surface area contributed by atoms with Crippen LogP contribution in [-0.4, -0.2) is 24.2 Å². The Morgan fingerprint density at radius 3 is 2.64 bits per heavy atom. The molecule has 0 atom stereocenters. The van der Waals surface area contributed by atoms with Crippen molar-refractivity contribution in [1.82, 2.24) is 0 Å². The van der Waals surface area contributed by atoms with Crippen LogP contribution in [0.1, 0.15) is 10.4 Å². The van der Waals surface area contributed by atoms with Crippen molar-refractivity contribution in [2.75, 3.05) is 18.5 Å². The molecule has 0 fully saturated rings. The van der Waals surface area contributed by atoms with E-state index in [2.05, 4.69) is 5.32 Å². The van der Waals surface area contributed by atoms with E-state index in [1.807, 2.05) is 0 Å². The maximum absolute atomic E-state index is 11.1. The Balaban J connectivity index is 1.97. The molecule has 2 rings (SSSR count). The molecule has 7 heteroatoms. The summed E-state index contributed by atoms with van der Waals surface area (Å²) in [5, 5.41) is 13.4. The van der Waals surface area contributed by atoms with Gasteiger partial charge in [-0.25, -0.2) is 4.79 Å². The Labute approximate surface area is 142 Å². The SMILES string of the molecule is O=C(O)c1cccc(Cl)c1NCCOc1cc(Cl)ccc1Cl. The molecule has 0 aliphatic heterocycles. The first-order valence-electron chi connectivity index (χ1n) is 6.32. The van der Waals surface area contributed by atoms with E-state index in [4.69, 9.17) is 44.6 Å². The summed E-state index contributed by atoms with van der Waals surface area (Å²) in [4.78, 5) is 11.1. The molecule has 0 unspecified atom stereocenters. The first kappa shape index (κ1) is 16.7. The van der Waals surface area contributed by atoms with Crippen LogP contribution >= 0.6 is 34.8 Å². The van der Waals surface area contributed by atoms with Crippen LogP contribution in [0.5, 0.6) is 5.75 Å². The Hall–Kier alpha value is -1.62. The molecular weight excluding hydrogens is 349 g/mol. The minimum absolute atomic E-state index is 0.105. The summed E-state index contributed by atoms with van der Waals surface area (Å²) in [5.41, 5.74) is 0.464. The molecule has 22 heavy (non-hydrogen) atoms. The maximum atomic E-state index is 11.1. The molecule has 0 radical (unpaired) electrons. The highest BCUT2D eigenvalue weighted by Gasteiger charge is 2.12. The van der Waals surface area contributed by atoms with E-state index in [-0.39, 0.29) is 12.2 Å². The van der Waals surface area contributed by atoms with Gasteiger partial charge in [0.15, 0.2) is 0 Å². The standard InChI is InChI=1S/C15H12Cl3NO3/c16-9-4-5-11(17)13(8-9)22-7-6-19-14-10(15(20)21)2-1-3-12(14)18/h1-5,8,19H,6-7H2,(H,20,21). The Kier molecular flexibility index (Phi) is 5.77. The van der Waals surface area contributed by atoms with Gasteiger partial charge in [-0.2, -0.15) is 0 Å². The number of carboxylic acids is 1. The number of aromatic carboxylic acids is 1. The number of hydrogen-bond acceptors (Lipinski definition) is 3.